The van der Waals surface area contributed by atoms with Crippen LogP contribution in [-0.4, -0.2) is 26.0 Å². The third-order valence-electron chi connectivity index (χ3n) is 5.29. The molecule has 1 saturated heterocycles. The van der Waals surface area contributed by atoms with Crippen molar-refractivity contribution in [1.29, 1.82) is 0 Å². The van der Waals surface area contributed by atoms with Crippen molar-refractivity contribution in [3.05, 3.63) is 69.8 Å². The van der Waals surface area contributed by atoms with Crippen LogP contribution >= 0.6 is 0 Å². The fraction of sp³-hybridized carbons (Fsp3) is 0.400. The van der Waals surface area contributed by atoms with Crippen LogP contribution in [0.15, 0.2) is 47.4 Å². The number of nitrogens with zero attached hydrogens (tertiary/aromatic N) is 3. The maximum absolute atomic E-state index is 12.9. The quantitative estimate of drug-likeness (QED) is 0.731. The Hall–Kier alpha value is -2.61. The summed E-state index contributed by atoms with van der Waals surface area (Å²) in [7, 11) is 0. The first-order valence-corrected chi connectivity index (χ1v) is 9.39. The molecule has 28 heavy (non-hydrogen) atoms. The van der Waals surface area contributed by atoms with Crippen LogP contribution in [0.3, 0.4) is 0 Å². The molecule has 0 saturated carbocycles. The van der Waals surface area contributed by atoms with Crippen LogP contribution in [0.4, 0.5) is 13.2 Å². The number of aromatic nitrogens is 3. The maximum atomic E-state index is 12.9. The molecule has 4 rings (SSSR count). The number of aromatic amines is 1. The summed E-state index contributed by atoms with van der Waals surface area (Å²) < 4.78 is 40.0. The van der Waals surface area contributed by atoms with E-state index in [1.165, 1.54) is 10.6 Å². The molecule has 0 aliphatic carbocycles. The SMILES string of the molecule is O=c1cc(CN2CCCCCC2c2ccc(C(F)(F)F)cc2)nc2cc[nH]n12. The zero-order valence-electron chi connectivity index (χ0n) is 15.2. The summed E-state index contributed by atoms with van der Waals surface area (Å²) >= 11 is 0. The van der Waals surface area contributed by atoms with Crippen molar-refractivity contribution in [3.8, 4) is 0 Å². The van der Waals surface area contributed by atoms with E-state index in [-0.39, 0.29) is 11.6 Å². The van der Waals surface area contributed by atoms with Crippen LogP contribution in [-0.2, 0) is 12.7 Å². The Labute approximate surface area is 159 Å². The average molecular weight is 390 g/mol. The highest BCUT2D eigenvalue weighted by molar-refractivity contribution is 5.36. The number of likely N-dealkylation sites (tertiary alicyclic amines) is 1. The first-order valence-electron chi connectivity index (χ1n) is 9.39. The van der Waals surface area contributed by atoms with Crippen LogP contribution in [0.5, 0.6) is 0 Å². The number of nitrogens with one attached hydrogen (secondary N) is 1. The highest BCUT2D eigenvalue weighted by Gasteiger charge is 2.31. The highest BCUT2D eigenvalue weighted by Crippen LogP contribution is 2.34. The number of rotatable bonds is 3. The molecule has 1 aromatic carbocycles. The van der Waals surface area contributed by atoms with Crippen molar-refractivity contribution in [2.45, 2.75) is 44.4 Å². The molecule has 0 radical (unpaired) electrons. The number of halogens is 3. The van der Waals surface area contributed by atoms with Crippen molar-refractivity contribution < 1.29 is 13.2 Å². The van der Waals surface area contributed by atoms with E-state index >= 15 is 0 Å². The van der Waals surface area contributed by atoms with E-state index in [0.717, 1.165) is 49.9 Å². The molecule has 8 heteroatoms. The molecule has 0 bridgehead atoms. The van der Waals surface area contributed by atoms with Crippen LogP contribution in [0.2, 0.25) is 0 Å². The van der Waals surface area contributed by atoms with E-state index in [0.29, 0.717) is 17.9 Å². The Morgan fingerprint density at radius 1 is 1.11 bits per heavy atom. The predicted octanol–water partition coefficient (Wildman–Crippen LogP) is 4.16. The molecule has 0 amide bonds. The largest absolute Gasteiger partial charge is 0.416 e. The first-order chi connectivity index (χ1) is 13.4. The fourth-order valence-corrected chi connectivity index (χ4v) is 3.90. The topological polar surface area (TPSA) is 53.4 Å². The third kappa shape index (κ3) is 3.82. The lowest BCUT2D eigenvalue weighted by molar-refractivity contribution is -0.137. The van der Waals surface area contributed by atoms with Crippen molar-refractivity contribution in [3.63, 3.8) is 0 Å². The third-order valence-corrected chi connectivity index (χ3v) is 5.29. The van der Waals surface area contributed by atoms with Gasteiger partial charge in [-0.2, -0.15) is 13.2 Å². The summed E-state index contributed by atoms with van der Waals surface area (Å²) in [6, 6.07) is 8.70. The molecule has 2 aromatic heterocycles. The van der Waals surface area contributed by atoms with Gasteiger partial charge in [0.1, 0.15) is 0 Å². The lowest BCUT2D eigenvalue weighted by Gasteiger charge is -2.30. The first kappa shape index (κ1) is 18.7. The van der Waals surface area contributed by atoms with Gasteiger partial charge in [-0.25, -0.2) is 9.50 Å². The Morgan fingerprint density at radius 3 is 2.64 bits per heavy atom. The second kappa shape index (κ2) is 7.43. The number of hydrogen-bond donors (Lipinski definition) is 1. The van der Waals surface area contributed by atoms with E-state index in [4.69, 9.17) is 0 Å². The Balaban J connectivity index is 1.62. The van der Waals surface area contributed by atoms with Gasteiger partial charge in [0.05, 0.1) is 11.3 Å². The minimum atomic E-state index is -4.33. The van der Waals surface area contributed by atoms with E-state index in [9.17, 15) is 18.0 Å². The lowest BCUT2D eigenvalue weighted by Crippen LogP contribution is -2.29. The van der Waals surface area contributed by atoms with Gasteiger partial charge in [-0.15, -0.1) is 0 Å². The number of hydrogen-bond acceptors (Lipinski definition) is 3. The molecule has 1 unspecified atom stereocenters. The molecule has 1 aliphatic rings. The van der Waals surface area contributed by atoms with E-state index in [1.807, 2.05) is 0 Å². The van der Waals surface area contributed by atoms with Crippen molar-refractivity contribution in [1.82, 2.24) is 19.5 Å². The molecule has 148 valence electrons. The predicted molar refractivity (Wildman–Crippen MR) is 98.9 cm³/mol. The molecule has 3 heterocycles. The number of benzene rings is 1. The van der Waals surface area contributed by atoms with Gasteiger partial charge < -0.3 is 0 Å². The molecule has 3 aromatic rings. The van der Waals surface area contributed by atoms with Crippen molar-refractivity contribution in [2.75, 3.05) is 6.54 Å². The van der Waals surface area contributed by atoms with Gasteiger partial charge in [-0.1, -0.05) is 25.0 Å². The van der Waals surface area contributed by atoms with E-state index < -0.39 is 11.7 Å². The zero-order valence-corrected chi connectivity index (χ0v) is 15.2. The summed E-state index contributed by atoms with van der Waals surface area (Å²) in [5.41, 5.74) is 1.29. The van der Waals surface area contributed by atoms with E-state index in [2.05, 4.69) is 15.0 Å². The summed E-state index contributed by atoms with van der Waals surface area (Å²) in [4.78, 5) is 19.0. The standard InChI is InChI=1S/C20H21F3N4O/c21-20(22,23)15-7-5-14(6-8-15)17-4-2-1-3-11-26(17)13-16-12-19(28)27-18(25-16)9-10-24-27/h5-10,12,17,24H,1-4,11,13H2. The van der Waals surface area contributed by atoms with Gasteiger partial charge in [-0.05, 0) is 37.1 Å². The molecule has 1 N–H and O–H groups in total. The van der Waals surface area contributed by atoms with Gasteiger partial charge in [-0.3, -0.25) is 14.8 Å². The van der Waals surface area contributed by atoms with E-state index in [1.54, 1.807) is 24.4 Å². The number of alkyl halides is 3. The molecule has 1 atom stereocenters. The summed E-state index contributed by atoms with van der Waals surface area (Å²) in [6.07, 6.45) is 1.32. The normalized spacial score (nSPS) is 19.0. The number of H-pyrrole nitrogens is 1. The molecular weight excluding hydrogens is 369 g/mol. The van der Waals surface area contributed by atoms with Gasteiger partial charge in [0.25, 0.3) is 5.56 Å². The molecule has 5 nitrogen and oxygen atoms in total. The fourth-order valence-electron chi connectivity index (χ4n) is 3.90. The Bertz CT molecular complexity index is 1010. The van der Waals surface area contributed by atoms with Crippen molar-refractivity contribution >= 4 is 5.65 Å². The van der Waals surface area contributed by atoms with Crippen LogP contribution < -0.4 is 5.56 Å². The summed E-state index contributed by atoms with van der Waals surface area (Å²) in [5, 5.41) is 2.82. The highest BCUT2D eigenvalue weighted by atomic mass is 19.4. The van der Waals surface area contributed by atoms with Crippen molar-refractivity contribution in [2.24, 2.45) is 0 Å². The Kier molecular flexibility index (Phi) is 4.97. The van der Waals surface area contributed by atoms with Crippen LogP contribution in [0.25, 0.3) is 5.65 Å². The van der Waals surface area contributed by atoms with Crippen LogP contribution in [0.1, 0.15) is 48.5 Å². The second-order valence-electron chi connectivity index (χ2n) is 7.20. The number of fused-ring (bicyclic) bond motifs is 1. The average Bonchev–Trinajstić information content (AvgIpc) is 3.01. The van der Waals surface area contributed by atoms with Gasteiger partial charge >= 0.3 is 6.18 Å². The minimum Gasteiger partial charge on any atom is -0.297 e. The minimum absolute atomic E-state index is 0.0104. The molecular formula is C20H21F3N4O. The van der Waals surface area contributed by atoms with Gasteiger partial charge in [0.15, 0.2) is 5.65 Å². The van der Waals surface area contributed by atoms with Crippen LogP contribution in [0, 0.1) is 0 Å². The second-order valence-corrected chi connectivity index (χ2v) is 7.20. The maximum Gasteiger partial charge on any atom is 0.416 e. The Morgan fingerprint density at radius 2 is 1.89 bits per heavy atom. The molecule has 0 spiro atoms. The summed E-state index contributed by atoms with van der Waals surface area (Å²) in [5.74, 6) is 0. The van der Waals surface area contributed by atoms with Gasteiger partial charge in [0.2, 0.25) is 0 Å². The molecule has 1 aliphatic heterocycles. The zero-order chi connectivity index (χ0) is 19.7. The summed E-state index contributed by atoms with van der Waals surface area (Å²) in [6.45, 7) is 1.31. The monoisotopic (exact) mass is 390 g/mol. The van der Waals surface area contributed by atoms with Gasteiger partial charge in [0, 0.05) is 30.9 Å². The smallest absolute Gasteiger partial charge is 0.297 e. The molecule has 1 fully saturated rings. The lowest BCUT2D eigenvalue weighted by atomic mass is 9.99.